The summed E-state index contributed by atoms with van der Waals surface area (Å²) in [5.41, 5.74) is 4.77. The monoisotopic (exact) mass is 143 g/mol. The molecule has 0 radical (unpaired) electrons. The van der Waals surface area contributed by atoms with Gasteiger partial charge in [0.05, 0.1) is 12.5 Å². The van der Waals surface area contributed by atoms with Crippen molar-refractivity contribution in [1.82, 2.24) is 0 Å². The molecule has 0 aromatic heterocycles. The molecule has 0 bridgehead atoms. The third-order valence-corrected chi connectivity index (χ3v) is 1.54. The second-order valence-corrected chi connectivity index (χ2v) is 2.29. The van der Waals surface area contributed by atoms with Gasteiger partial charge in [0.2, 0.25) is 5.78 Å². The minimum Gasteiger partial charge on any atom is -0.381 e. The van der Waals surface area contributed by atoms with Gasteiger partial charge in [0.25, 0.3) is 5.91 Å². The number of Topliss-reactive ketones (excluding diaryl/α,β-unsaturated/α-hetero) is 1. The second-order valence-electron chi connectivity index (χ2n) is 2.29. The number of ketones is 1. The molecule has 2 N–H and O–H groups in total. The van der Waals surface area contributed by atoms with Crippen LogP contribution in [-0.4, -0.2) is 24.9 Å². The van der Waals surface area contributed by atoms with E-state index < -0.39 is 11.7 Å². The largest absolute Gasteiger partial charge is 0.381 e. The number of ether oxygens (including phenoxy) is 1. The summed E-state index contributed by atoms with van der Waals surface area (Å²) < 4.78 is 4.90. The van der Waals surface area contributed by atoms with Crippen LogP contribution in [0.15, 0.2) is 0 Å². The van der Waals surface area contributed by atoms with Crippen molar-refractivity contribution < 1.29 is 14.3 Å². The number of hydrogen-bond acceptors (Lipinski definition) is 3. The SMILES string of the molecule is NC(=O)C(=O)C1CCOC1. The molecule has 10 heavy (non-hydrogen) atoms. The Labute approximate surface area is 58.3 Å². The molecule has 1 saturated heterocycles. The molecular formula is C6H9NO3. The average Bonchev–Trinajstić information content (AvgIpc) is 2.36. The molecule has 1 heterocycles. The van der Waals surface area contributed by atoms with E-state index in [1.807, 2.05) is 0 Å². The number of primary amides is 1. The van der Waals surface area contributed by atoms with Gasteiger partial charge in [-0.15, -0.1) is 0 Å². The quantitative estimate of drug-likeness (QED) is 0.508. The number of hydrogen-bond donors (Lipinski definition) is 1. The first kappa shape index (κ1) is 7.21. The van der Waals surface area contributed by atoms with E-state index >= 15 is 0 Å². The Morgan fingerprint density at radius 2 is 2.20 bits per heavy atom. The third-order valence-electron chi connectivity index (χ3n) is 1.54. The summed E-state index contributed by atoms with van der Waals surface area (Å²) in [4.78, 5) is 21.1. The minimum atomic E-state index is -0.851. The van der Waals surface area contributed by atoms with E-state index in [-0.39, 0.29) is 5.92 Å². The number of rotatable bonds is 2. The van der Waals surface area contributed by atoms with Crippen LogP contribution in [0.4, 0.5) is 0 Å². The van der Waals surface area contributed by atoms with Crippen molar-refractivity contribution in [2.45, 2.75) is 6.42 Å². The molecule has 0 aliphatic carbocycles. The number of carbonyl (C=O) groups excluding carboxylic acids is 2. The van der Waals surface area contributed by atoms with Crippen molar-refractivity contribution in [3.8, 4) is 0 Å². The van der Waals surface area contributed by atoms with Gasteiger partial charge in [-0.05, 0) is 6.42 Å². The van der Waals surface area contributed by atoms with E-state index in [1.54, 1.807) is 0 Å². The lowest BCUT2D eigenvalue weighted by molar-refractivity contribution is -0.138. The number of amides is 1. The summed E-state index contributed by atoms with van der Waals surface area (Å²) in [7, 11) is 0. The van der Waals surface area contributed by atoms with Gasteiger partial charge in [-0.2, -0.15) is 0 Å². The molecule has 0 aromatic rings. The molecule has 4 heteroatoms. The van der Waals surface area contributed by atoms with Gasteiger partial charge in [-0.25, -0.2) is 0 Å². The maximum Gasteiger partial charge on any atom is 0.285 e. The molecule has 1 fully saturated rings. The van der Waals surface area contributed by atoms with E-state index in [9.17, 15) is 9.59 Å². The van der Waals surface area contributed by atoms with E-state index in [1.165, 1.54) is 0 Å². The maximum atomic E-state index is 10.8. The lowest BCUT2D eigenvalue weighted by atomic mass is 10.0. The van der Waals surface area contributed by atoms with Gasteiger partial charge < -0.3 is 10.5 Å². The first-order valence-electron chi connectivity index (χ1n) is 3.13. The Morgan fingerprint density at radius 1 is 1.50 bits per heavy atom. The fourth-order valence-corrected chi connectivity index (χ4v) is 0.942. The molecule has 0 saturated carbocycles. The van der Waals surface area contributed by atoms with E-state index in [4.69, 9.17) is 10.5 Å². The van der Waals surface area contributed by atoms with Crippen molar-refractivity contribution in [2.75, 3.05) is 13.2 Å². The van der Waals surface area contributed by atoms with Crippen molar-refractivity contribution in [3.63, 3.8) is 0 Å². The fraction of sp³-hybridized carbons (Fsp3) is 0.667. The number of carbonyl (C=O) groups is 2. The van der Waals surface area contributed by atoms with E-state index in [2.05, 4.69) is 0 Å². The molecular weight excluding hydrogens is 134 g/mol. The highest BCUT2D eigenvalue weighted by atomic mass is 16.5. The van der Waals surface area contributed by atoms with Gasteiger partial charge in [0, 0.05) is 6.61 Å². The Bertz CT molecular complexity index is 160. The highest BCUT2D eigenvalue weighted by Gasteiger charge is 2.26. The van der Waals surface area contributed by atoms with Crippen LogP contribution in [0.1, 0.15) is 6.42 Å². The fourth-order valence-electron chi connectivity index (χ4n) is 0.942. The summed E-state index contributed by atoms with van der Waals surface area (Å²) in [5, 5.41) is 0. The molecule has 1 aliphatic heterocycles. The predicted molar refractivity (Wildman–Crippen MR) is 33.1 cm³/mol. The topological polar surface area (TPSA) is 69.4 Å². The second kappa shape index (κ2) is 2.79. The minimum absolute atomic E-state index is 0.280. The first-order chi connectivity index (χ1) is 4.72. The van der Waals surface area contributed by atoms with Crippen molar-refractivity contribution in [1.29, 1.82) is 0 Å². The molecule has 0 spiro atoms. The van der Waals surface area contributed by atoms with E-state index in [0.717, 1.165) is 0 Å². The highest BCUT2D eigenvalue weighted by molar-refractivity contribution is 6.36. The zero-order chi connectivity index (χ0) is 7.56. The summed E-state index contributed by atoms with van der Waals surface area (Å²) in [6, 6.07) is 0. The van der Waals surface area contributed by atoms with Crippen molar-refractivity contribution in [3.05, 3.63) is 0 Å². The van der Waals surface area contributed by atoms with Gasteiger partial charge in [0.1, 0.15) is 0 Å². The average molecular weight is 143 g/mol. The zero-order valence-electron chi connectivity index (χ0n) is 5.50. The Kier molecular flexibility index (Phi) is 2.01. The molecule has 1 atom stereocenters. The van der Waals surface area contributed by atoms with Crippen molar-refractivity contribution in [2.24, 2.45) is 11.7 Å². The van der Waals surface area contributed by atoms with Gasteiger partial charge >= 0.3 is 0 Å². The van der Waals surface area contributed by atoms with Crippen LogP contribution in [0, 0.1) is 5.92 Å². The molecule has 56 valence electrons. The van der Waals surface area contributed by atoms with Crippen LogP contribution in [-0.2, 0) is 14.3 Å². The summed E-state index contributed by atoms with van der Waals surface area (Å²) in [5.74, 6) is -1.63. The molecule has 1 amide bonds. The molecule has 1 aliphatic rings. The summed E-state index contributed by atoms with van der Waals surface area (Å²) >= 11 is 0. The molecule has 1 unspecified atom stereocenters. The number of nitrogens with two attached hydrogens (primary N) is 1. The Balaban J connectivity index is 2.48. The Hall–Kier alpha value is -0.900. The van der Waals surface area contributed by atoms with Gasteiger partial charge in [-0.3, -0.25) is 9.59 Å². The van der Waals surface area contributed by atoms with Crippen LogP contribution in [0.2, 0.25) is 0 Å². The standard InChI is InChI=1S/C6H9NO3/c7-6(9)5(8)4-1-2-10-3-4/h4H,1-3H2,(H2,7,9). The lowest BCUT2D eigenvalue weighted by Crippen LogP contribution is -2.30. The first-order valence-corrected chi connectivity index (χ1v) is 3.13. The van der Waals surface area contributed by atoms with Crippen LogP contribution in [0.3, 0.4) is 0 Å². The van der Waals surface area contributed by atoms with Crippen LogP contribution < -0.4 is 5.73 Å². The summed E-state index contributed by atoms with van der Waals surface area (Å²) in [6.45, 7) is 0.908. The lowest BCUT2D eigenvalue weighted by Gasteiger charge is -1.99. The van der Waals surface area contributed by atoms with Gasteiger partial charge in [0.15, 0.2) is 0 Å². The molecule has 0 aromatic carbocycles. The molecule has 4 nitrogen and oxygen atoms in total. The van der Waals surface area contributed by atoms with Crippen LogP contribution in [0.5, 0.6) is 0 Å². The van der Waals surface area contributed by atoms with Gasteiger partial charge in [-0.1, -0.05) is 0 Å². The van der Waals surface area contributed by atoms with Crippen LogP contribution in [0.25, 0.3) is 0 Å². The van der Waals surface area contributed by atoms with Crippen molar-refractivity contribution >= 4 is 11.7 Å². The molecule has 1 rings (SSSR count). The zero-order valence-corrected chi connectivity index (χ0v) is 5.50. The summed E-state index contributed by atoms with van der Waals surface area (Å²) in [6.07, 6.45) is 0.627. The maximum absolute atomic E-state index is 10.8. The van der Waals surface area contributed by atoms with E-state index in [0.29, 0.717) is 19.6 Å². The normalized spacial score (nSPS) is 24.6. The highest BCUT2D eigenvalue weighted by Crippen LogP contribution is 2.12. The van der Waals surface area contributed by atoms with Crippen LogP contribution >= 0.6 is 0 Å². The third kappa shape index (κ3) is 1.33. The smallest absolute Gasteiger partial charge is 0.285 e. The Morgan fingerprint density at radius 3 is 2.60 bits per heavy atom. The predicted octanol–water partition coefficient (Wildman–Crippen LogP) is -0.923.